The topological polar surface area (TPSA) is 75.7 Å². The first-order valence-corrected chi connectivity index (χ1v) is 9.00. The van der Waals surface area contributed by atoms with Gasteiger partial charge in [0.15, 0.2) is 0 Å². The number of methoxy groups -OCH3 is 1. The summed E-state index contributed by atoms with van der Waals surface area (Å²) in [5.74, 6) is 0.133. The second-order valence-electron chi connectivity index (χ2n) is 6.71. The van der Waals surface area contributed by atoms with Crippen molar-refractivity contribution in [3.63, 3.8) is 0 Å². The van der Waals surface area contributed by atoms with Gasteiger partial charge in [0.05, 0.1) is 18.9 Å². The second-order valence-corrected chi connectivity index (χ2v) is 6.71. The monoisotopic (exact) mass is 356 g/mol. The highest BCUT2D eigenvalue weighted by Gasteiger charge is 2.46. The first-order valence-electron chi connectivity index (χ1n) is 9.00. The third kappa shape index (κ3) is 3.95. The van der Waals surface area contributed by atoms with Crippen molar-refractivity contribution >= 4 is 17.7 Å². The lowest BCUT2D eigenvalue weighted by atomic mass is 9.85. The number of carbonyl (C=O) groups is 3. The van der Waals surface area contributed by atoms with E-state index < -0.39 is 0 Å². The molecule has 1 aromatic rings. The predicted octanol–water partition coefficient (Wildman–Crippen LogP) is 2.04. The Kier molecular flexibility index (Phi) is 5.71. The molecule has 0 saturated carbocycles. The van der Waals surface area contributed by atoms with Gasteiger partial charge in [-0.05, 0) is 37.0 Å². The zero-order valence-corrected chi connectivity index (χ0v) is 14.9. The van der Waals surface area contributed by atoms with Gasteiger partial charge in [-0.3, -0.25) is 19.3 Å². The fourth-order valence-corrected chi connectivity index (χ4v) is 3.52. The number of allylic oxidation sites excluding steroid dienone is 2. The van der Waals surface area contributed by atoms with Crippen molar-refractivity contribution in [3.8, 4) is 5.75 Å². The van der Waals surface area contributed by atoms with Crippen LogP contribution in [0.3, 0.4) is 0 Å². The standard InChI is InChI=1S/C20H24N2O4/c1-26-15-10-8-14(9-11-15)13-21-18(23)7-4-12-22-19(24)16-5-2-3-6-17(16)20(22)25/h2-3,8-11,16-17H,4-7,12-13H2,1H3,(H,21,23)/t16-,17+. The minimum atomic E-state index is -0.198. The normalized spacial score (nSPS) is 21.7. The Labute approximate surface area is 153 Å². The van der Waals surface area contributed by atoms with Crippen molar-refractivity contribution in [2.24, 2.45) is 11.8 Å². The molecule has 1 fully saturated rings. The number of benzene rings is 1. The summed E-state index contributed by atoms with van der Waals surface area (Å²) in [5, 5.41) is 2.86. The van der Waals surface area contributed by atoms with E-state index in [4.69, 9.17) is 4.74 Å². The molecule has 1 heterocycles. The van der Waals surface area contributed by atoms with Crippen molar-refractivity contribution in [2.75, 3.05) is 13.7 Å². The molecule has 0 bridgehead atoms. The Hall–Kier alpha value is -2.63. The molecule has 3 amide bonds. The molecule has 26 heavy (non-hydrogen) atoms. The van der Waals surface area contributed by atoms with Crippen LogP contribution < -0.4 is 10.1 Å². The van der Waals surface area contributed by atoms with Crippen molar-refractivity contribution in [1.29, 1.82) is 0 Å². The van der Waals surface area contributed by atoms with E-state index >= 15 is 0 Å². The average Bonchev–Trinajstić information content (AvgIpc) is 2.92. The van der Waals surface area contributed by atoms with Crippen LogP contribution in [0.1, 0.15) is 31.2 Å². The van der Waals surface area contributed by atoms with Gasteiger partial charge in [-0.2, -0.15) is 0 Å². The quantitative estimate of drug-likeness (QED) is 0.599. The lowest BCUT2D eigenvalue weighted by Gasteiger charge is -2.14. The number of nitrogens with one attached hydrogen (secondary N) is 1. The Bertz CT molecular complexity index is 685. The third-order valence-corrected chi connectivity index (χ3v) is 5.03. The molecule has 2 atom stereocenters. The molecular formula is C20H24N2O4. The Morgan fingerprint density at radius 3 is 2.31 bits per heavy atom. The Balaban J connectivity index is 1.41. The lowest BCUT2D eigenvalue weighted by Crippen LogP contribution is -2.33. The molecule has 1 aliphatic carbocycles. The Morgan fingerprint density at radius 2 is 1.73 bits per heavy atom. The van der Waals surface area contributed by atoms with E-state index in [1.807, 2.05) is 36.4 Å². The molecular weight excluding hydrogens is 332 g/mol. The van der Waals surface area contributed by atoms with Crippen LogP contribution in [0.2, 0.25) is 0 Å². The molecule has 6 nitrogen and oxygen atoms in total. The summed E-state index contributed by atoms with van der Waals surface area (Å²) in [5.41, 5.74) is 0.987. The predicted molar refractivity (Wildman–Crippen MR) is 96.1 cm³/mol. The van der Waals surface area contributed by atoms with Gasteiger partial charge in [-0.25, -0.2) is 0 Å². The fraction of sp³-hybridized carbons (Fsp3) is 0.450. The Morgan fingerprint density at radius 1 is 1.12 bits per heavy atom. The van der Waals surface area contributed by atoms with Crippen molar-refractivity contribution in [1.82, 2.24) is 10.2 Å². The zero-order chi connectivity index (χ0) is 18.5. The summed E-state index contributed by atoms with van der Waals surface area (Å²) in [4.78, 5) is 38.0. The molecule has 1 aliphatic heterocycles. The largest absolute Gasteiger partial charge is 0.497 e. The summed E-state index contributed by atoms with van der Waals surface area (Å²) >= 11 is 0. The van der Waals surface area contributed by atoms with Gasteiger partial charge in [0.2, 0.25) is 17.7 Å². The number of nitrogens with zero attached hydrogens (tertiary/aromatic N) is 1. The molecule has 0 aromatic heterocycles. The van der Waals surface area contributed by atoms with Gasteiger partial charge < -0.3 is 10.1 Å². The van der Waals surface area contributed by atoms with Gasteiger partial charge >= 0.3 is 0 Å². The van der Waals surface area contributed by atoms with Crippen molar-refractivity contribution in [2.45, 2.75) is 32.2 Å². The first-order chi connectivity index (χ1) is 12.6. The number of rotatable bonds is 7. The lowest BCUT2D eigenvalue weighted by molar-refractivity contribution is -0.140. The van der Waals surface area contributed by atoms with Crippen LogP contribution in [0.5, 0.6) is 5.75 Å². The minimum absolute atomic E-state index is 0.0806. The van der Waals surface area contributed by atoms with Crippen LogP contribution in [0.4, 0.5) is 0 Å². The number of hydrogen-bond donors (Lipinski definition) is 1. The van der Waals surface area contributed by atoms with E-state index in [1.54, 1.807) is 7.11 Å². The first kappa shape index (κ1) is 18.2. The van der Waals surface area contributed by atoms with E-state index in [0.29, 0.717) is 38.8 Å². The molecule has 2 aliphatic rings. The zero-order valence-electron chi connectivity index (χ0n) is 14.9. The highest BCUT2D eigenvalue weighted by molar-refractivity contribution is 6.05. The van der Waals surface area contributed by atoms with E-state index in [-0.39, 0.29) is 29.6 Å². The van der Waals surface area contributed by atoms with Gasteiger partial charge in [-0.15, -0.1) is 0 Å². The van der Waals surface area contributed by atoms with E-state index in [9.17, 15) is 14.4 Å². The molecule has 1 aromatic carbocycles. The maximum Gasteiger partial charge on any atom is 0.233 e. The van der Waals surface area contributed by atoms with E-state index in [2.05, 4.69) is 5.32 Å². The molecule has 3 rings (SSSR count). The maximum atomic E-state index is 12.3. The van der Waals surface area contributed by atoms with Crippen LogP contribution in [0.15, 0.2) is 36.4 Å². The van der Waals surface area contributed by atoms with Gasteiger partial charge in [0.1, 0.15) is 5.75 Å². The summed E-state index contributed by atoms with van der Waals surface area (Å²) in [6.45, 7) is 0.765. The molecule has 138 valence electrons. The highest BCUT2D eigenvalue weighted by Crippen LogP contribution is 2.35. The van der Waals surface area contributed by atoms with E-state index in [1.165, 1.54) is 4.90 Å². The molecule has 1 saturated heterocycles. The van der Waals surface area contributed by atoms with Gasteiger partial charge in [0, 0.05) is 19.5 Å². The number of carbonyl (C=O) groups excluding carboxylic acids is 3. The summed E-state index contributed by atoms with van der Waals surface area (Å²) in [6.07, 6.45) is 6.02. The number of imide groups is 1. The highest BCUT2D eigenvalue weighted by atomic mass is 16.5. The van der Waals surface area contributed by atoms with Gasteiger partial charge in [0.25, 0.3) is 0 Å². The van der Waals surface area contributed by atoms with Crippen LogP contribution in [0.25, 0.3) is 0 Å². The van der Waals surface area contributed by atoms with Crippen molar-refractivity contribution < 1.29 is 19.1 Å². The maximum absolute atomic E-state index is 12.3. The van der Waals surface area contributed by atoms with Crippen LogP contribution >= 0.6 is 0 Å². The van der Waals surface area contributed by atoms with E-state index in [0.717, 1.165) is 11.3 Å². The smallest absolute Gasteiger partial charge is 0.233 e. The second kappa shape index (κ2) is 8.17. The third-order valence-electron chi connectivity index (χ3n) is 5.03. The van der Waals surface area contributed by atoms with Gasteiger partial charge in [-0.1, -0.05) is 24.3 Å². The summed E-state index contributed by atoms with van der Waals surface area (Å²) in [6, 6.07) is 7.49. The molecule has 6 heteroatoms. The molecule has 0 radical (unpaired) electrons. The number of ether oxygens (including phenoxy) is 1. The average molecular weight is 356 g/mol. The number of hydrogen-bond acceptors (Lipinski definition) is 4. The molecule has 0 spiro atoms. The van der Waals surface area contributed by atoms with Crippen molar-refractivity contribution in [3.05, 3.63) is 42.0 Å². The number of amides is 3. The fourth-order valence-electron chi connectivity index (χ4n) is 3.52. The molecule has 0 unspecified atom stereocenters. The van der Waals surface area contributed by atoms with Crippen LogP contribution in [0, 0.1) is 11.8 Å². The molecule has 1 N–H and O–H groups in total. The minimum Gasteiger partial charge on any atom is -0.497 e. The van der Waals surface area contributed by atoms with Crippen LogP contribution in [-0.4, -0.2) is 36.3 Å². The summed E-state index contributed by atoms with van der Waals surface area (Å²) in [7, 11) is 1.61. The number of fused-ring (bicyclic) bond motifs is 1. The van der Waals surface area contributed by atoms with Crippen LogP contribution in [-0.2, 0) is 20.9 Å². The SMILES string of the molecule is COc1ccc(CNC(=O)CCCN2C(=O)[C@H]3CC=CC[C@H]3C2=O)cc1. The summed E-state index contributed by atoms with van der Waals surface area (Å²) < 4.78 is 5.10. The number of likely N-dealkylation sites (tertiary alicyclic amines) is 1.